The molecule has 48 heavy (non-hydrogen) atoms. The highest BCUT2D eigenvalue weighted by Gasteiger charge is 2.32. The van der Waals surface area contributed by atoms with Gasteiger partial charge < -0.3 is 35.1 Å². The number of ether oxygens (including phenoxy) is 3. The van der Waals surface area contributed by atoms with E-state index in [1.165, 1.54) is 0 Å². The number of thioether (sulfide) groups is 1. The molecule has 1 heterocycles. The van der Waals surface area contributed by atoms with Crippen molar-refractivity contribution in [1.82, 2.24) is 10.6 Å². The van der Waals surface area contributed by atoms with Gasteiger partial charge in [0, 0.05) is 29.2 Å². The first-order valence-electron chi connectivity index (χ1n) is 15.6. The minimum Gasteiger partial charge on any atom is -0.478 e. The number of aliphatic hydroxyl groups excluding tert-OH is 1. The van der Waals surface area contributed by atoms with Gasteiger partial charge in [0.25, 0.3) is 0 Å². The van der Waals surface area contributed by atoms with Crippen LogP contribution in [0.2, 0.25) is 0 Å². The lowest BCUT2D eigenvalue weighted by Gasteiger charge is -2.36. The Hall–Kier alpha value is -4.68. The zero-order valence-electron chi connectivity index (χ0n) is 26.5. The molecule has 0 spiro atoms. The van der Waals surface area contributed by atoms with Crippen molar-refractivity contribution in [3.8, 4) is 11.1 Å². The first-order chi connectivity index (χ1) is 23.3. The van der Waals surface area contributed by atoms with Crippen LogP contribution in [0.5, 0.6) is 0 Å². The van der Waals surface area contributed by atoms with Gasteiger partial charge in [-0.3, -0.25) is 4.79 Å². The molecule has 1 aliphatic heterocycles. The molecule has 0 aromatic heterocycles. The molecular weight excluding hydrogens is 632 g/mol. The van der Waals surface area contributed by atoms with Crippen LogP contribution in [0.1, 0.15) is 58.4 Å². The van der Waals surface area contributed by atoms with E-state index in [4.69, 9.17) is 14.2 Å². The standard InChI is InChI=1S/C37H38N2O8S/c1-2-45-34(41)21-39-37(44)38-20-25-5-3-6-28(17-25)29-7-4-8-30(18-29)36-46-31(23-48-32-15-13-27(14-16-32)35(42)43)19-33(47-36)26-11-9-24(22-40)10-12-26/h3-18,31,33,36,40H,2,19-23H2,1H3,(H,42,43)(H2,38,39,44)/t31-,33+,36+/m0/s1. The average molecular weight is 671 g/mol. The molecule has 10 nitrogen and oxygen atoms in total. The predicted octanol–water partition coefficient (Wildman–Crippen LogP) is 6.24. The number of benzene rings is 4. The van der Waals surface area contributed by atoms with E-state index in [0.717, 1.165) is 38.3 Å². The van der Waals surface area contributed by atoms with Gasteiger partial charge in [0.15, 0.2) is 6.29 Å². The first-order valence-corrected chi connectivity index (χ1v) is 16.6. The third kappa shape index (κ3) is 9.68. The molecule has 3 atom stereocenters. The number of nitrogens with one attached hydrogen (secondary N) is 2. The molecule has 1 aliphatic rings. The molecule has 250 valence electrons. The Labute approximate surface area is 283 Å². The molecule has 4 N–H and O–H groups in total. The number of carbonyl (C=O) groups excluding carboxylic acids is 2. The van der Waals surface area contributed by atoms with Crippen LogP contribution in [0.4, 0.5) is 4.79 Å². The Morgan fingerprint density at radius 1 is 0.854 bits per heavy atom. The van der Waals surface area contributed by atoms with Gasteiger partial charge in [0.1, 0.15) is 6.54 Å². The molecule has 1 fully saturated rings. The lowest BCUT2D eigenvalue weighted by molar-refractivity contribution is -0.245. The molecule has 2 amide bonds. The van der Waals surface area contributed by atoms with Gasteiger partial charge in [0.05, 0.1) is 31.0 Å². The molecule has 11 heteroatoms. The highest BCUT2D eigenvalue weighted by molar-refractivity contribution is 7.99. The van der Waals surface area contributed by atoms with E-state index in [1.807, 2.05) is 72.8 Å². The zero-order chi connectivity index (χ0) is 33.9. The van der Waals surface area contributed by atoms with E-state index in [1.54, 1.807) is 43.0 Å². The Morgan fingerprint density at radius 3 is 2.29 bits per heavy atom. The molecular formula is C37H38N2O8S. The van der Waals surface area contributed by atoms with Crippen molar-refractivity contribution in [2.75, 3.05) is 18.9 Å². The molecule has 4 aromatic rings. The van der Waals surface area contributed by atoms with Gasteiger partial charge in [-0.15, -0.1) is 11.8 Å². The van der Waals surface area contributed by atoms with Crippen molar-refractivity contribution in [3.05, 3.63) is 125 Å². The van der Waals surface area contributed by atoms with Gasteiger partial charge in [0.2, 0.25) is 0 Å². The molecule has 0 aliphatic carbocycles. The Kier molecular flexibility index (Phi) is 12.2. The summed E-state index contributed by atoms with van der Waals surface area (Å²) in [5.41, 5.74) is 5.69. The van der Waals surface area contributed by atoms with Crippen LogP contribution in [0, 0.1) is 0 Å². The van der Waals surface area contributed by atoms with Gasteiger partial charge >= 0.3 is 18.0 Å². The fourth-order valence-electron chi connectivity index (χ4n) is 5.24. The van der Waals surface area contributed by atoms with Crippen LogP contribution in [0.15, 0.2) is 102 Å². The van der Waals surface area contributed by atoms with Crippen molar-refractivity contribution < 1.29 is 38.8 Å². The van der Waals surface area contributed by atoms with E-state index in [2.05, 4.69) is 10.6 Å². The molecule has 0 unspecified atom stereocenters. The second-order valence-corrected chi connectivity index (χ2v) is 12.3. The van der Waals surface area contributed by atoms with Crippen LogP contribution < -0.4 is 10.6 Å². The lowest BCUT2D eigenvalue weighted by Crippen LogP contribution is -2.38. The number of aliphatic hydroxyl groups is 1. The SMILES string of the molecule is CCOC(=O)CNC(=O)NCc1cccc(-c2cccc([C@@H]3O[C@H](CSc4ccc(C(=O)O)cc4)C[C@H](c4ccc(CO)cc4)O3)c2)c1. The van der Waals surface area contributed by atoms with Crippen LogP contribution >= 0.6 is 11.8 Å². The number of carboxylic acids is 1. The summed E-state index contributed by atoms with van der Waals surface area (Å²) in [6, 6.07) is 29.9. The highest BCUT2D eigenvalue weighted by atomic mass is 32.2. The fourth-order valence-corrected chi connectivity index (χ4v) is 6.16. The van der Waals surface area contributed by atoms with Crippen molar-refractivity contribution in [1.29, 1.82) is 0 Å². The van der Waals surface area contributed by atoms with Crippen LogP contribution in [0.25, 0.3) is 11.1 Å². The number of rotatable bonds is 13. The normalized spacial score (nSPS) is 17.3. The summed E-state index contributed by atoms with van der Waals surface area (Å²) in [5.74, 6) is -0.818. The highest BCUT2D eigenvalue weighted by Crippen LogP contribution is 2.40. The minimum absolute atomic E-state index is 0.0375. The third-order valence-corrected chi connectivity index (χ3v) is 8.87. The Bertz CT molecular complexity index is 1700. The quantitative estimate of drug-likeness (QED) is 0.0960. The minimum atomic E-state index is -0.960. The number of urea groups is 1. The van der Waals surface area contributed by atoms with Crippen molar-refractivity contribution in [2.45, 2.75) is 49.9 Å². The number of carbonyl (C=O) groups is 3. The Morgan fingerprint density at radius 2 is 1.58 bits per heavy atom. The maximum atomic E-state index is 12.2. The lowest BCUT2D eigenvalue weighted by atomic mass is 9.99. The van der Waals surface area contributed by atoms with Gasteiger partial charge in [-0.25, -0.2) is 9.59 Å². The largest absolute Gasteiger partial charge is 0.478 e. The number of aromatic carboxylic acids is 1. The number of esters is 1. The smallest absolute Gasteiger partial charge is 0.335 e. The van der Waals surface area contributed by atoms with Crippen LogP contribution in [0.3, 0.4) is 0 Å². The number of hydrogen-bond donors (Lipinski definition) is 4. The van der Waals surface area contributed by atoms with Crippen molar-refractivity contribution in [3.63, 3.8) is 0 Å². The second kappa shape index (κ2) is 16.9. The van der Waals surface area contributed by atoms with Gasteiger partial charge in [-0.1, -0.05) is 60.7 Å². The maximum Gasteiger partial charge on any atom is 0.335 e. The molecule has 4 aromatic carbocycles. The summed E-state index contributed by atoms with van der Waals surface area (Å²) in [7, 11) is 0. The molecule has 0 radical (unpaired) electrons. The van der Waals surface area contributed by atoms with Gasteiger partial charge in [-0.05, 0) is 71.1 Å². The molecule has 5 rings (SSSR count). The summed E-state index contributed by atoms with van der Waals surface area (Å²) in [6.45, 7) is 1.99. The zero-order valence-corrected chi connectivity index (χ0v) is 27.3. The van der Waals surface area contributed by atoms with E-state index in [-0.39, 0.29) is 44.1 Å². The van der Waals surface area contributed by atoms with Crippen LogP contribution in [-0.2, 0) is 32.2 Å². The van der Waals surface area contributed by atoms with E-state index in [0.29, 0.717) is 12.2 Å². The van der Waals surface area contributed by atoms with Crippen molar-refractivity contribution >= 4 is 29.7 Å². The second-order valence-electron chi connectivity index (χ2n) is 11.2. The average Bonchev–Trinajstić information content (AvgIpc) is 3.12. The number of hydrogen-bond acceptors (Lipinski definition) is 8. The van der Waals surface area contributed by atoms with E-state index < -0.39 is 24.3 Å². The Balaban J connectivity index is 1.29. The summed E-state index contributed by atoms with van der Waals surface area (Å²) >= 11 is 1.60. The third-order valence-electron chi connectivity index (χ3n) is 7.72. The monoisotopic (exact) mass is 670 g/mol. The summed E-state index contributed by atoms with van der Waals surface area (Å²) in [6.07, 6.45) is -0.431. The molecule has 0 bridgehead atoms. The van der Waals surface area contributed by atoms with E-state index >= 15 is 0 Å². The summed E-state index contributed by atoms with van der Waals surface area (Å²) < 4.78 is 17.9. The van der Waals surface area contributed by atoms with E-state index in [9.17, 15) is 24.6 Å². The maximum absolute atomic E-state index is 12.2. The molecule has 1 saturated heterocycles. The first kappa shape index (κ1) is 34.6. The summed E-state index contributed by atoms with van der Waals surface area (Å²) in [5, 5.41) is 24.0. The number of amides is 2. The van der Waals surface area contributed by atoms with Gasteiger partial charge in [-0.2, -0.15) is 0 Å². The predicted molar refractivity (Wildman–Crippen MR) is 181 cm³/mol. The van der Waals surface area contributed by atoms with Crippen LogP contribution in [-0.4, -0.2) is 53.2 Å². The number of carboxylic acid groups (broad SMARTS) is 1. The van der Waals surface area contributed by atoms with Crippen molar-refractivity contribution in [2.24, 2.45) is 0 Å². The summed E-state index contributed by atoms with van der Waals surface area (Å²) in [4.78, 5) is 35.9. The molecule has 0 saturated carbocycles. The topological polar surface area (TPSA) is 143 Å². The fraction of sp³-hybridized carbons (Fsp3) is 0.270.